The van der Waals surface area contributed by atoms with Gasteiger partial charge in [-0.1, -0.05) is 13.0 Å². The molecule has 1 aliphatic heterocycles. The second-order valence-corrected chi connectivity index (χ2v) is 6.13. The molecule has 5 nitrogen and oxygen atoms in total. The average Bonchev–Trinajstić information content (AvgIpc) is 2.99. The van der Waals surface area contributed by atoms with E-state index in [1.807, 2.05) is 19.9 Å². The van der Waals surface area contributed by atoms with Gasteiger partial charge >= 0.3 is 0 Å². The van der Waals surface area contributed by atoms with Crippen LogP contribution >= 0.6 is 11.3 Å². The van der Waals surface area contributed by atoms with Crippen molar-refractivity contribution in [3.05, 3.63) is 39.9 Å². The van der Waals surface area contributed by atoms with Crippen molar-refractivity contribution in [2.24, 2.45) is 0 Å². The third-order valence-electron chi connectivity index (χ3n) is 3.45. The molecule has 1 aliphatic rings. The first-order valence-corrected chi connectivity index (χ1v) is 7.59. The van der Waals surface area contributed by atoms with Crippen molar-refractivity contribution >= 4 is 34.0 Å². The molecule has 0 unspecified atom stereocenters. The van der Waals surface area contributed by atoms with Gasteiger partial charge in [0.15, 0.2) is 5.13 Å². The molecule has 1 aromatic carbocycles. The number of aromatic nitrogens is 1. The van der Waals surface area contributed by atoms with Crippen molar-refractivity contribution in [3.8, 4) is 0 Å². The highest BCUT2D eigenvalue weighted by Gasteiger charge is 2.19. The minimum atomic E-state index is -0.213. The van der Waals surface area contributed by atoms with Crippen molar-refractivity contribution in [3.63, 3.8) is 0 Å². The number of thiazole rings is 1. The molecule has 21 heavy (non-hydrogen) atoms. The normalized spacial score (nSPS) is 13.0. The van der Waals surface area contributed by atoms with Gasteiger partial charge in [-0.2, -0.15) is 0 Å². The van der Waals surface area contributed by atoms with Crippen molar-refractivity contribution in [1.29, 1.82) is 0 Å². The fraction of sp³-hybridized carbons (Fsp3) is 0.267. The number of hydrogen-bond acceptors (Lipinski definition) is 4. The molecule has 108 valence electrons. The van der Waals surface area contributed by atoms with Crippen LogP contribution in [0.3, 0.4) is 0 Å². The Bertz CT molecular complexity index is 737. The summed E-state index contributed by atoms with van der Waals surface area (Å²) in [5.74, 6) is -0.249. The molecule has 2 heterocycles. The number of carbonyl (C=O) groups is 2. The van der Waals surface area contributed by atoms with Crippen molar-refractivity contribution in [2.75, 3.05) is 10.6 Å². The van der Waals surface area contributed by atoms with Crippen LogP contribution in [0.1, 0.15) is 33.4 Å². The molecule has 0 saturated heterocycles. The fourth-order valence-corrected chi connectivity index (χ4v) is 3.23. The predicted octanol–water partition coefficient (Wildman–Crippen LogP) is 2.76. The summed E-state index contributed by atoms with van der Waals surface area (Å²) in [6.45, 7) is 4.04. The van der Waals surface area contributed by atoms with Crippen molar-refractivity contribution in [2.45, 2.75) is 26.7 Å². The van der Waals surface area contributed by atoms with Crippen molar-refractivity contribution in [1.82, 2.24) is 4.98 Å². The van der Waals surface area contributed by atoms with Crippen LogP contribution in [-0.2, 0) is 17.6 Å². The summed E-state index contributed by atoms with van der Waals surface area (Å²) >= 11 is 1.47. The van der Waals surface area contributed by atoms with E-state index in [1.54, 1.807) is 12.1 Å². The maximum absolute atomic E-state index is 12.2. The van der Waals surface area contributed by atoms with Crippen LogP contribution in [0.15, 0.2) is 18.2 Å². The van der Waals surface area contributed by atoms with Gasteiger partial charge < -0.3 is 5.32 Å². The summed E-state index contributed by atoms with van der Waals surface area (Å²) in [7, 11) is 0. The van der Waals surface area contributed by atoms with Gasteiger partial charge in [0, 0.05) is 16.1 Å². The first-order valence-electron chi connectivity index (χ1n) is 6.77. The highest BCUT2D eigenvalue weighted by molar-refractivity contribution is 7.15. The average molecular weight is 301 g/mol. The van der Waals surface area contributed by atoms with E-state index in [0.717, 1.165) is 28.2 Å². The Kier molecular flexibility index (Phi) is 3.47. The van der Waals surface area contributed by atoms with E-state index in [0.29, 0.717) is 17.1 Å². The Morgan fingerprint density at radius 3 is 3.00 bits per heavy atom. The van der Waals surface area contributed by atoms with Gasteiger partial charge in [0.2, 0.25) is 5.91 Å². The molecular formula is C15H15N3O2S. The van der Waals surface area contributed by atoms with Gasteiger partial charge in [-0.05, 0) is 31.0 Å². The molecule has 0 aliphatic carbocycles. The molecule has 0 radical (unpaired) electrons. The molecule has 2 amide bonds. The Balaban J connectivity index is 1.79. The third-order valence-corrected chi connectivity index (χ3v) is 4.37. The maximum atomic E-state index is 12.2. The lowest BCUT2D eigenvalue weighted by atomic mass is 10.1. The Labute approximate surface area is 126 Å². The van der Waals surface area contributed by atoms with E-state index >= 15 is 0 Å². The molecule has 0 atom stereocenters. The number of anilines is 2. The first-order chi connectivity index (χ1) is 10.1. The van der Waals surface area contributed by atoms with Crippen LogP contribution in [-0.4, -0.2) is 16.8 Å². The van der Waals surface area contributed by atoms with Gasteiger partial charge in [-0.15, -0.1) is 11.3 Å². The summed E-state index contributed by atoms with van der Waals surface area (Å²) in [5.41, 5.74) is 3.17. The summed E-state index contributed by atoms with van der Waals surface area (Å²) in [6.07, 6.45) is 1.23. The zero-order valence-electron chi connectivity index (χ0n) is 11.8. The van der Waals surface area contributed by atoms with Crippen molar-refractivity contribution < 1.29 is 9.59 Å². The molecule has 0 fully saturated rings. The number of carbonyl (C=O) groups excluding carboxylic acids is 2. The molecule has 2 aromatic rings. The van der Waals surface area contributed by atoms with Crippen LogP contribution in [0.5, 0.6) is 0 Å². The maximum Gasteiger partial charge on any atom is 0.257 e. The van der Waals surface area contributed by atoms with Crippen LogP contribution in [0, 0.1) is 6.92 Å². The molecular weight excluding hydrogens is 286 g/mol. The zero-order chi connectivity index (χ0) is 15.0. The second kappa shape index (κ2) is 5.29. The minimum Gasteiger partial charge on any atom is -0.326 e. The molecule has 3 rings (SSSR count). The SMILES string of the molecule is CCc1nc(NC(=O)c2ccc3c(c2)NC(=O)C3)sc1C. The number of rotatable bonds is 3. The van der Waals surface area contributed by atoms with Gasteiger partial charge in [-0.25, -0.2) is 4.98 Å². The molecule has 6 heteroatoms. The van der Waals surface area contributed by atoms with E-state index in [4.69, 9.17) is 0 Å². The summed E-state index contributed by atoms with van der Waals surface area (Å²) in [5, 5.41) is 6.17. The second-order valence-electron chi connectivity index (χ2n) is 4.93. The van der Waals surface area contributed by atoms with Gasteiger partial charge in [0.05, 0.1) is 12.1 Å². The summed E-state index contributed by atoms with van der Waals surface area (Å²) in [6, 6.07) is 5.25. The highest BCUT2D eigenvalue weighted by Crippen LogP contribution is 2.26. The van der Waals surface area contributed by atoms with Crippen LogP contribution < -0.4 is 10.6 Å². The topological polar surface area (TPSA) is 71.1 Å². The lowest BCUT2D eigenvalue weighted by Crippen LogP contribution is -2.12. The monoisotopic (exact) mass is 301 g/mol. The molecule has 0 bridgehead atoms. The number of nitrogens with zero attached hydrogens (tertiary/aromatic N) is 1. The largest absolute Gasteiger partial charge is 0.326 e. The standard InChI is InChI=1S/C15H15N3O2S/c1-3-11-8(2)21-15(17-11)18-14(20)10-5-4-9-7-13(19)16-12(9)6-10/h4-6H,3,7H2,1-2H3,(H,16,19)(H,17,18,20). The number of hydrogen-bond donors (Lipinski definition) is 2. The fourth-order valence-electron chi connectivity index (χ4n) is 2.33. The quantitative estimate of drug-likeness (QED) is 0.915. The Morgan fingerprint density at radius 2 is 2.29 bits per heavy atom. The van der Waals surface area contributed by atoms with Crippen LogP contribution in [0.2, 0.25) is 0 Å². The van der Waals surface area contributed by atoms with Crippen LogP contribution in [0.4, 0.5) is 10.8 Å². The lowest BCUT2D eigenvalue weighted by Gasteiger charge is -2.04. The third kappa shape index (κ3) is 2.67. The Morgan fingerprint density at radius 1 is 1.48 bits per heavy atom. The van der Waals surface area contributed by atoms with E-state index < -0.39 is 0 Å². The molecule has 2 N–H and O–H groups in total. The molecule has 0 spiro atoms. The molecule has 0 saturated carbocycles. The lowest BCUT2D eigenvalue weighted by molar-refractivity contribution is -0.115. The van der Waals surface area contributed by atoms with E-state index in [9.17, 15) is 9.59 Å². The van der Waals surface area contributed by atoms with E-state index in [2.05, 4.69) is 15.6 Å². The summed E-state index contributed by atoms with van der Waals surface area (Å²) < 4.78 is 0. The smallest absolute Gasteiger partial charge is 0.257 e. The zero-order valence-corrected chi connectivity index (χ0v) is 12.6. The van der Waals surface area contributed by atoms with Gasteiger partial charge in [0.1, 0.15) is 0 Å². The number of fused-ring (bicyclic) bond motifs is 1. The van der Waals surface area contributed by atoms with E-state index in [-0.39, 0.29) is 11.8 Å². The van der Waals surface area contributed by atoms with Gasteiger partial charge in [0.25, 0.3) is 5.91 Å². The molecule has 1 aromatic heterocycles. The summed E-state index contributed by atoms with van der Waals surface area (Å²) in [4.78, 5) is 29.1. The predicted molar refractivity (Wildman–Crippen MR) is 83.0 cm³/mol. The van der Waals surface area contributed by atoms with Crippen LogP contribution in [0.25, 0.3) is 0 Å². The van der Waals surface area contributed by atoms with E-state index in [1.165, 1.54) is 11.3 Å². The number of aryl methyl sites for hydroxylation is 2. The number of benzene rings is 1. The highest BCUT2D eigenvalue weighted by atomic mass is 32.1. The van der Waals surface area contributed by atoms with Gasteiger partial charge in [-0.3, -0.25) is 14.9 Å². The number of nitrogens with one attached hydrogen (secondary N) is 2. The Hall–Kier alpha value is -2.21. The minimum absolute atomic E-state index is 0.0364. The first kappa shape index (κ1) is 13.8. The number of amides is 2.